The summed E-state index contributed by atoms with van der Waals surface area (Å²) in [6.45, 7) is 5.83. The molecular formula is C11H16N2. The third-order valence-corrected chi connectivity index (χ3v) is 2.08. The van der Waals surface area contributed by atoms with Crippen LogP contribution in [-0.4, -0.2) is 0 Å². The van der Waals surface area contributed by atoms with Gasteiger partial charge >= 0.3 is 0 Å². The predicted molar refractivity (Wildman–Crippen MR) is 59.4 cm³/mol. The molecule has 4 N–H and O–H groups in total. The summed E-state index contributed by atoms with van der Waals surface area (Å²) in [6.07, 6.45) is 3.84. The van der Waals surface area contributed by atoms with E-state index in [0.29, 0.717) is 5.69 Å². The molecule has 0 saturated heterocycles. The zero-order valence-corrected chi connectivity index (χ0v) is 8.01. The molecule has 0 atom stereocenters. The Morgan fingerprint density at radius 1 is 1.31 bits per heavy atom. The molecule has 0 saturated carbocycles. The summed E-state index contributed by atoms with van der Waals surface area (Å²) in [5.41, 5.74) is 15.2. The van der Waals surface area contributed by atoms with Gasteiger partial charge in [-0.15, -0.1) is 0 Å². The summed E-state index contributed by atoms with van der Waals surface area (Å²) in [6, 6.07) is 3.82. The third kappa shape index (κ3) is 2.02. The molecular weight excluding hydrogens is 160 g/mol. The fourth-order valence-corrected chi connectivity index (χ4v) is 1.36. The van der Waals surface area contributed by atoms with Crippen molar-refractivity contribution in [1.29, 1.82) is 0 Å². The van der Waals surface area contributed by atoms with Gasteiger partial charge in [-0.25, -0.2) is 0 Å². The van der Waals surface area contributed by atoms with E-state index in [-0.39, 0.29) is 0 Å². The molecule has 2 heteroatoms. The molecule has 0 aromatic heterocycles. The number of aryl methyl sites for hydroxylation is 1. The van der Waals surface area contributed by atoms with Crippen LogP contribution in [0.5, 0.6) is 0 Å². The van der Waals surface area contributed by atoms with E-state index in [2.05, 4.69) is 13.5 Å². The quantitative estimate of drug-likeness (QED) is 0.695. The van der Waals surface area contributed by atoms with E-state index in [1.54, 1.807) is 6.08 Å². The van der Waals surface area contributed by atoms with E-state index >= 15 is 0 Å². The lowest BCUT2D eigenvalue weighted by atomic mass is 10.0. The van der Waals surface area contributed by atoms with Gasteiger partial charge in [0.1, 0.15) is 0 Å². The summed E-state index contributed by atoms with van der Waals surface area (Å²) in [4.78, 5) is 0. The molecule has 0 fully saturated rings. The van der Waals surface area contributed by atoms with Crippen molar-refractivity contribution in [2.75, 3.05) is 11.5 Å². The molecule has 70 valence electrons. The van der Waals surface area contributed by atoms with Crippen molar-refractivity contribution < 1.29 is 0 Å². The summed E-state index contributed by atoms with van der Waals surface area (Å²) >= 11 is 0. The van der Waals surface area contributed by atoms with Gasteiger partial charge in [0.2, 0.25) is 0 Å². The molecule has 0 heterocycles. The van der Waals surface area contributed by atoms with E-state index in [1.165, 1.54) is 0 Å². The summed E-state index contributed by atoms with van der Waals surface area (Å²) in [5, 5.41) is 0. The normalized spacial score (nSPS) is 9.92. The first-order valence-corrected chi connectivity index (χ1v) is 4.49. The molecule has 0 bridgehead atoms. The number of rotatable bonds is 3. The van der Waals surface area contributed by atoms with Crippen molar-refractivity contribution in [3.63, 3.8) is 0 Å². The van der Waals surface area contributed by atoms with E-state index in [4.69, 9.17) is 11.5 Å². The van der Waals surface area contributed by atoms with Gasteiger partial charge in [0.15, 0.2) is 0 Å². The van der Waals surface area contributed by atoms with Gasteiger partial charge in [0, 0.05) is 11.4 Å². The Morgan fingerprint density at radius 2 is 2.00 bits per heavy atom. The fourth-order valence-electron chi connectivity index (χ4n) is 1.36. The highest BCUT2D eigenvalue weighted by Crippen LogP contribution is 2.22. The van der Waals surface area contributed by atoms with Crippen LogP contribution >= 0.6 is 0 Å². The van der Waals surface area contributed by atoms with Crippen molar-refractivity contribution in [3.05, 3.63) is 29.8 Å². The number of nitrogen functional groups attached to an aromatic ring is 2. The molecule has 1 aromatic carbocycles. The van der Waals surface area contributed by atoms with E-state index in [0.717, 1.165) is 29.7 Å². The minimum atomic E-state index is 0.701. The average Bonchev–Trinajstić information content (AvgIpc) is 2.10. The number of nitrogens with two attached hydrogens (primary N) is 2. The first-order valence-electron chi connectivity index (χ1n) is 4.49. The Balaban J connectivity index is 3.14. The van der Waals surface area contributed by atoms with Crippen LogP contribution in [-0.2, 0) is 6.42 Å². The second-order valence-electron chi connectivity index (χ2n) is 3.13. The van der Waals surface area contributed by atoms with Crippen LogP contribution in [0, 0.1) is 0 Å². The third-order valence-electron chi connectivity index (χ3n) is 2.08. The highest BCUT2D eigenvalue weighted by molar-refractivity contribution is 5.70. The first-order chi connectivity index (χ1) is 6.19. The van der Waals surface area contributed by atoms with Crippen molar-refractivity contribution in [2.45, 2.75) is 19.8 Å². The van der Waals surface area contributed by atoms with Crippen LogP contribution in [0.15, 0.2) is 18.7 Å². The molecule has 1 aromatic rings. The summed E-state index contributed by atoms with van der Waals surface area (Å²) in [7, 11) is 0. The van der Waals surface area contributed by atoms with E-state index in [1.807, 2.05) is 12.1 Å². The topological polar surface area (TPSA) is 52.0 Å². The lowest BCUT2D eigenvalue weighted by molar-refractivity contribution is 0.924. The zero-order chi connectivity index (χ0) is 9.84. The second-order valence-corrected chi connectivity index (χ2v) is 3.13. The van der Waals surface area contributed by atoms with Crippen LogP contribution in [0.3, 0.4) is 0 Å². The maximum absolute atomic E-state index is 5.82. The molecule has 0 aliphatic heterocycles. The van der Waals surface area contributed by atoms with Crippen LogP contribution in [0.4, 0.5) is 11.4 Å². The van der Waals surface area contributed by atoms with E-state index < -0.39 is 0 Å². The highest BCUT2D eigenvalue weighted by Gasteiger charge is 2.02. The lowest BCUT2D eigenvalue weighted by Crippen LogP contribution is -1.98. The molecule has 0 unspecified atom stereocenters. The van der Waals surface area contributed by atoms with Crippen molar-refractivity contribution in [3.8, 4) is 0 Å². The maximum Gasteiger partial charge on any atom is 0.0408 e. The average molecular weight is 176 g/mol. The largest absolute Gasteiger partial charge is 0.398 e. The van der Waals surface area contributed by atoms with Gasteiger partial charge in [-0.05, 0) is 29.7 Å². The van der Waals surface area contributed by atoms with E-state index in [9.17, 15) is 0 Å². The first kappa shape index (κ1) is 9.65. The van der Waals surface area contributed by atoms with Crippen LogP contribution in [0.1, 0.15) is 24.5 Å². The summed E-state index contributed by atoms with van der Waals surface area (Å²) < 4.78 is 0. The maximum atomic E-state index is 5.82. The fraction of sp³-hybridized carbons (Fsp3) is 0.273. The van der Waals surface area contributed by atoms with Gasteiger partial charge in [0.05, 0.1) is 0 Å². The standard InChI is InChI=1S/C11H16N2/c1-3-5-9-6-8(4-2)10(12)7-11(9)13/h4,6-7H,2-3,5,12-13H2,1H3. The molecule has 0 spiro atoms. The van der Waals surface area contributed by atoms with Crippen molar-refractivity contribution in [1.82, 2.24) is 0 Å². The Hall–Kier alpha value is -1.44. The van der Waals surface area contributed by atoms with Gasteiger partial charge < -0.3 is 11.5 Å². The Bertz CT molecular complexity index is 316. The van der Waals surface area contributed by atoms with Gasteiger partial charge in [-0.1, -0.05) is 26.0 Å². The Labute approximate surface area is 79.2 Å². The van der Waals surface area contributed by atoms with Crippen LogP contribution in [0.2, 0.25) is 0 Å². The Kier molecular flexibility index (Phi) is 2.96. The van der Waals surface area contributed by atoms with Gasteiger partial charge in [0.25, 0.3) is 0 Å². The molecule has 1 rings (SSSR count). The van der Waals surface area contributed by atoms with Crippen LogP contribution < -0.4 is 11.5 Å². The second kappa shape index (κ2) is 3.99. The highest BCUT2D eigenvalue weighted by atomic mass is 14.6. The predicted octanol–water partition coefficient (Wildman–Crippen LogP) is 2.45. The van der Waals surface area contributed by atoms with Gasteiger partial charge in [-0.3, -0.25) is 0 Å². The summed E-state index contributed by atoms with van der Waals surface area (Å²) in [5.74, 6) is 0. The van der Waals surface area contributed by atoms with Crippen LogP contribution in [0.25, 0.3) is 6.08 Å². The Morgan fingerprint density at radius 3 is 2.54 bits per heavy atom. The minimum Gasteiger partial charge on any atom is -0.398 e. The zero-order valence-electron chi connectivity index (χ0n) is 8.01. The smallest absolute Gasteiger partial charge is 0.0408 e. The SMILES string of the molecule is C=Cc1cc(CCC)c(N)cc1N. The lowest BCUT2D eigenvalue weighted by Gasteiger charge is -2.08. The number of hydrogen-bond donors (Lipinski definition) is 2. The minimum absolute atomic E-state index is 0.701. The molecule has 13 heavy (non-hydrogen) atoms. The number of hydrogen-bond acceptors (Lipinski definition) is 2. The van der Waals surface area contributed by atoms with Crippen molar-refractivity contribution in [2.24, 2.45) is 0 Å². The molecule has 0 amide bonds. The monoisotopic (exact) mass is 176 g/mol. The van der Waals surface area contributed by atoms with Gasteiger partial charge in [-0.2, -0.15) is 0 Å². The van der Waals surface area contributed by atoms with Crippen molar-refractivity contribution >= 4 is 17.5 Å². The molecule has 0 radical (unpaired) electrons. The molecule has 0 aliphatic carbocycles. The molecule has 2 nitrogen and oxygen atoms in total. The number of anilines is 2. The number of benzene rings is 1. The molecule has 0 aliphatic rings.